The van der Waals surface area contributed by atoms with Gasteiger partial charge in [0.15, 0.2) is 16.6 Å². The number of fused-ring (bicyclic) bond motifs is 1. The van der Waals surface area contributed by atoms with E-state index in [2.05, 4.69) is 84.5 Å². The van der Waals surface area contributed by atoms with Crippen molar-refractivity contribution in [3.05, 3.63) is 115 Å². The predicted octanol–water partition coefficient (Wildman–Crippen LogP) is 14.9. The standard InChI is InChI=1S/C48H54F6N2O4S2Si2/c1-31-37(30-40(61-31)33-19-23-34(24-20-33)55(26-28-59-63(8,9)44(2,3)4)27-29-60-64(10,11)45(5,6)7)42-43(47(51,52)48(53,54)46(42,49)50)41-36-14-12-13-15-38(36)62-39(41)25-18-32-16-21-35(22-17-32)56(57)58/h12-17,19-24,30H,26-29H2,1-11H3. The lowest BCUT2D eigenvalue weighted by Gasteiger charge is -2.38. The zero-order valence-electron chi connectivity index (χ0n) is 37.9. The molecule has 0 N–H and O–H groups in total. The summed E-state index contributed by atoms with van der Waals surface area (Å²) in [4.78, 5) is 13.2. The van der Waals surface area contributed by atoms with E-state index < -0.39 is 61.6 Å². The fraction of sp³-hybridized carbons (Fsp3) is 0.417. The highest BCUT2D eigenvalue weighted by Gasteiger charge is 2.80. The molecule has 0 saturated heterocycles. The molecule has 0 amide bonds. The first-order valence-corrected chi connectivity index (χ1v) is 28.4. The number of halogens is 6. The number of hydrogen-bond acceptors (Lipinski definition) is 7. The quantitative estimate of drug-likeness (QED) is 0.0387. The molecule has 1 aliphatic rings. The summed E-state index contributed by atoms with van der Waals surface area (Å²) in [6.07, 6.45) is 0. The Morgan fingerprint density at radius 1 is 0.734 bits per heavy atom. The van der Waals surface area contributed by atoms with Gasteiger partial charge in [-0.25, -0.2) is 0 Å². The number of aryl methyl sites for hydroxylation is 1. The van der Waals surface area contributed by atoms with E-state index in [1.807, 2.05) is 24.3 Å². The second-order valence-electron chi connectivity index (χ2n) is 19.2. The molecule has 0 atom stereocenters. The number of thiophene rings is 2. The van der Waals surface area contributed by atoms with Gasteiger partial charge in [0.2, 0.25) is 0 Å². The Balaban J connectivity index is 1.41. The first-order valence-electron chi connectivity index (χ1n) is 20.9. The maximum Gasteiger partial charge on any atom is 0.380 e. The molecule has 342 valence electrons. The van der Waals surface area contributed by atoms with Gasteiger partial charge in [-0.05, 0) is 96.6 Å². The summed E-state index contributed by atoms with van der Waals surface area (Å²) in [7, 11) is -4.09. The maximum absolute atomic E-state index is 16.4. The molecule has 6 nitrogen and oxygen atoms in total. The molecule has 0 aliphatic heterocycles. The Kier molecular flexibility index (Phi) is 13.5. The molecule has 0 spiro atoms. The average molecular weight is 957 g/mol. The number of anilines is 1. The third-order valence-electron chi connectivity index (χ3n) is 12.9. The summed E-state index contributed by atoms with van der Waals surface area (Å²) >= 11 is 1.96. The molecule has 2 heterocycles. The molecule has 3 aromatic carbocycles. The number of allylic oxidation sites excluding steroid dienone is 2. The van der Waals surface area contributed by atoms with Gasteiger partial charge in [-0.2, -0.15) is 26.3 Å². The highest BCUT2D eigenvalue weighted by molar-refractivity contribution is 7.20. The van der Waals surface area contributed by atoms with Crippen LogP contribution in [-0.2, 0) is 8.85 Å². The summed E-state index contributed by atoms with van der Waals surface area (Å²) in [5, 5.41) is 11.3. The molecular formula is C48H54F6N2O4S2Si2. The number of benzene rings is 3. The topological polar surface area (TPSA) is 64.8 Å². The fourth-order valence-corrected chi connectivity index (χ4v) is 11.1. The van der Waals surface area contributed by atoms with Crippen molar-refractivity contribution >= 4 is 71.9 Å². The summed E-state index contributed by atoms with van der Waals surface area (Å²) in [5.74, 6) is -10.9. The van der Waals surface area contributed by atoms with E-state index in [1.54, 1.807) is 12.1 Å². The zero-order valence-corrected chi connectivity index (χ0v) is 41.6. The van der Waals surface area contributed by atoms with Crippen molar-refractivity contribution in [2.24, 2.45) is 0 Å². The molecule has 0 saturated carbocycles. The summed E-state index contributed by atoms with van der Waals surface area (Å²) < 4.78 is 110. The maximum atomic E-state index is 16.4. The van der Waals surface area contributed by atoms with Crippen LogP contribution in [0, 0.1) is 28.9 Å². The van der Waals surface area contributed by atoms with E-state index in [9.17, 15) is 10.1 Å². The molecule has 0 radical (unpaired) electrons. The third-order valence-corrected chi connectivity index (χ3v) is 24.1. The normalized spacial score (nSPS) is 16.3. The second-order valence-corrected chi connectivity index (χ2v) is 31.1. The van der Waals surface area contributed by atoms with Crippen LogP contribution in [0.15, 0.2) is 78.9 Å². The Labute approximate surface area is 381 Å². The number of nitro groups is 1. The summed E-state index contributed by atoms with van der Waals surface area (Å²) in [6, 6.07) is 20.0. The van der Waals surface area contributed by atoms with E-state index in [0.29, 0.717) is 41.4 Å². The Morgan fingerprint density at radius 2 is 1.27 bits per heavy atom. The Bertz CT molecular complexity index is 2600. The number of rotatable bonds is 13. The lowest BCUT2D eigenvalue weighted by Crippen LogP contribution is -2.48. The third kappa shape index (κ3) is 9.26. The molecule has 1 aliphatic carbocycles. The van der Waals surface area contributed by atoms with E-state index in [0.717, 1.165) is 28.4 Å². The minimum atomic E-state index is -5.78. The Morgan fingerprint density at radius 3 is 1.80 bits per heavy atom. The minimum absolute atomic E-state index is 0.0265. The van der Waals surface area contributed by atoms with Crippen molar-refractivity contribution in [3.63, 3.8) is 0 Å². The highest BCUT2D eigenvalue weighted by atomic mass is 32.1. The highest BCUT2D eigenvalue weighted by Crippen LogP contribution is 2.66. The van der Waals surface area contributed by atoms with Crippen LogP contribution in [0.3, 0.4) is 0 Å². The molecule has 0 fully saturated rings. The first kappa shape index (κ1) is 49.2. The lowest BCUT2D eigenvalue weighted by molar-refractivity contribution is -0.384. The first-order chi connectivity index (χ1) is 29.5. The largest absolute Gasteiger partial charge is 0.415 e. The van der Waals surface area contributed by atoms with Crippen LogP contribution < -0.4 is 4.90 Å². The number of alkyl halides is 6. The van der Waals surface area contributed by atoms with Gasteiger partial charge in [0, 0.05) is 73.0 Å². The monoisotopic (exact) mass is 956 g/mol. The van der Waals surface area contributed by atoms with Gasteiger partial charge in [0.25, 0.3) is 5.69 Å². The van der Waals surface area contributed by atoms with E-state index in [-0.39, 0.29) is 36.5 Å². The predicted molar refractivity (Wildman–Crippen MR) is 256 cm³/mol. The van der Waals surface area contributed by atoms with Crippen LogP contribution in [0.2, 0.25) is 36.3 Å². The zero-order chi connectivity index (χ0) is 47.4. The van der Waals surface area contributed by atoms with Gasteiger partial charge >= 0.3 is 17.8 Å². The SMILES string of the molecule is Cc1sc(-c2ccc(N(CCO[Si](C)(C)C(C)(C)C)CCO[Si](C)(C)C(C)(C)C)cc2)cc1C1=C(c2c(C#Cc3ccc([N+](=O)[O-])cc3)sc3ccccc23)C(F)(F)C(F)(F)C1(F)F. The van der Waals surface area contributed by atoms with Gasteiger partial charge < -0.3 is 13.8 Å². The van der Waals surface area contributed by atoms with Gasteiger partial charge in [0.05, 0.1) is 23.0 Å². The van der Waals surface area contributed by atoms with Crippen LogP contribution in [0.1, 0.15) is 68.0 Å². The van der Waals surface area contributed by atoms with Crippen molar-refractivity contribution in [2.75, 3.05) is 31.2 Å². The van der Waals surface area contributed by atoms with Crippen LogP contribution in [-0.4, -0.2) is 65.6 Å². The van der Waals surface area contributed by atoms with Crippen LogP contribution in [0.4, 0.5) is 37.7 Å². The summed E-state index contributed by atoms with van der Waals surface area (Å²) in [6.45, 7) is 25.5. The number of hydrogen-bond donors (Lipinski definition) is 0. The van der Waals surface area contributed by atoms with Crippen molar-refractivity contribution in [1.29, 1.82) is 0 Å². The van der Waals surface area contributed by atoms with Crippen molar-refractivity contribution in [2.45, 2.75) is 102 Å². The van der Waals surface area contributed by atoms with Crippen LogP contribution >= 0.6 is 22.7 Å². The van der Waals surface area contributed by atoms with Crippen molar-refractivity contribution in [1.82, 2.24) is 0 Å². The van der Waals surface area contributed by atoms with Gasteiger partial charge in [-0.15, -0.1) is 22.7 Å². The molecule has 6 rings (SSSR count). The molecule has 64 heavy (non-hydrogen) atoms. The van der Waals surface area contributed by atoms with Crippen LogP contribution in [0.5, 0.6) is 0 Å². The smallest absolute Gasteiger partial charge is 0.380 e. The summed E-state index contributed by atoms with van der Waals surface area (Å²) in [5.41, 5.74) is -2.31. The number of nitro benzene ring substituents is 1. The average Bonchev–Trinajstić information content (AvgIpc) is 3.79. The van der Waals surface area contributed by atoms with Crippen LogP contribution in [0.25, 0.3) is 31.7 Å². The van der Waals surface area contributed by atoms with Crippen molar-refractivity contribution in [3.8, 4) is 22.3 Å². The molecule has 16 heteroatoms. The van der Waals surface area contributed by atoms with E-state index in [4.69, 9.17) is 8.85 Å². The molecule has 5 aromatic rings. The van der Waals surface area contributed by atoms with E-state index in [1.165, 1.54) is 49.4 Å². The number of non-ortho nitro benzene ring substituents is 1. The molecular weight excluding hydrogens is 903 g/mol. The Hall–Kier alpha value is -4.25. The minimum Gasteiger partial charge on any atom is -0.415 e. The lowest BCUT2D eigenvalue weighted by atomic mass is 9.92. The van der Waals surface area contributed by atoms with Crippen molar-refractivity contribution < 1.29 is 40.1 Å². The molecule has 2 aromatic heterocycles. The molecule has 0 bridgehead atoms. The van der Waals surface area contributed by atoms with Gasteiger partial charge in [-0.1, -0.05) is 77.8 Å². The van der Waals surface area contributed by atoms with E-state index >= 15 is 26.3 Å². The van der Waals surface area contributed by atoms with Gasteiger partial charge in [0.1, 0.15) is 0 Å². The number of nitrogens with zero attached hydrogens (tertiary/aromatic N) is 2. The van der Waals surface area contributed by atoms with Gasteiger partial charge in [-0.3, -0.25) is 10.1 Å². The molecule has 0 unspecified atom stereocenters. The second kappa shape index (κ2) is 17.5. The fourth-order valence-electron chi connectivity index (χ4n) is 6.92.